The van der Waals surface area contributed by atoms with E-state index in [4.69, 9.17) is 0 Å². The van der Waals surface area contributed by atoms with Crippen LogP contribution >= 0.6 is 0 Å². The maximum absolute atomic E-state index is 10.7. The first-order valence-corrected chi connectivity index (χ1v) is 15.9. The first kappa shape index (κ1) is 43.0. The summed E-state index contributed by atoms with van der Waals surface area (Å²) in [4.78, 5) is 32.0. The van der Waals surface area contributed by atoms with Gasteiger partial charge >= 0.3 is 26.2 Å². The van der Waals surface area contributed by atoms with Gasteiger partial charge in [-0.3, -0.25) is 0 Å². The quantitative estimate of drug-likeness (QED) is 0.242. The summed E-state index contributed by atoms with van der Waals surface area (Å²) in [5.74, 6) is -2.79. The monoisotopic (exact) mass is 824 g/mol. The van der Waals surface area contributed by atoms with Gasteiger partial charge in [0.2, 0.25) is 0 Å². The summed E-state index contributed by atoms with van der Waals surface area (Å²) in [5, 5.41) is 32.0. The fourth-order valence-corrected chi connectivity index (χ4v) is 4.65. The van der Waals surface area contributed by atoms with Crippen LogP contribution in [0.25, 0.3) is 0 Å². The van der Waals surface area contributed by atoms with Crippen molar-refractivity contribution < 1.29 is 29.7 Å². The van der Waals surface area contributed by atoms with Crippen molar-refractivity contribution in [3.05, 3.63) is 106 Å². The minimum atomic E-state index is -1.02. The van der Waals surface area contributed by atoms with Crippen molar-refractivity contribution in [2.75, 3.05) is 0 Å². The van der Waals surface area contributed by atoms with Crippen LogP contribution < -0.4 is 15.3 Å². The van der Waals surface area contributed by atoms with E-state index in [9.17, 15) is 29.7 Å². The molecule has 0 unspecified atom stereocenters. The molecule has 3 aromatic carbocycles. The van der Waals surface area contributed by atoms with Crippen LogP contribution in [-0.2, 0) is 33.6 Å². The number of carboxylic acid groups (broad SMARTS) is 3. The zero-order chi connectivity index (χ0) is 34.3. The molecule has 0 aromatic heterocycles. The summed E-state index contributed by atoms with van der Waals surface area (Å²) in [6, 6.07) is 23.2. The molecule has 7 heteroatoms. The zero-order valence-corrected chi connectivity index (χ0v) is 32.4. The number of aliphatic carboxylic acids is 3. The largest absolute Gasteiger partial charge is 3.00 e. The van der Waals surface area contributed by atoms with Crippen molar-refractivity contribution in [2.24, 2.45) is 17.8 Å². The molecular weight excluding hydrogens is 773 g/mol. The van der Waals surface area contributed by atoms with Crippen LogP contribution in [0.3, 0.4) is 0 Å². The van der Waals surface area contributed by atoms with Crippen molar-refractivity contribution >= 4 is 44.1 Å². The second-order valence-corrected chi connectivity index (χ2v) is 13.1. The molecule has 3 rings (SSSR count). The molecule has 0 saturated heterocycles. The van der Waals surface area contributed by atoms with E-state index in [2.05, 4.69) is 41.5 Å². The van der Waals surface area contributed by atoms with Crippen LogP contribution in [0.1, 0.15) is 113 Å². The summed E-state index contributed by atoms with van der Waals surface area (Å²) in [6.45, 7) is 17.9. The smallest absolute Gasteiger partial charge is 0.550 e. The predicted octanol–water partition coefficient (Wildman–Crippen LogP) is 4.83. The Bertz CT molecular complexity index is 1150. The van der Waals surface area contributed by atoms with E-state index < -0.39 is 35.7 Å². The third-order valence-corrected chi connectivity index (χ3v) is 7.43. The van der Waals surface area contributed by atoms with Crippen molar-refractivity contribution in [1.82, 2.24) is 0 Å². The Kier molecular flexibility index (Phi) is 20.3. The van der Waals surface area contributed by atoms with Crippen molar-refractivity contribution in [3.63, 3.8) is 0 Å². The average Bonchev–Trinajstić information content (AvgIpc) is 2.97. The van der Waals surface area contributed by atoms with Crippen molar-refractivity contribution in [1.29, 1.82) is 0 Å². The van der Waals surface area contributed by atoms with E-state index in [0.29, 0.717) is 17.8 Å². The van der Waals surface area contributed by atoms with Crippen LogP contribution in [0.4, 0.5) is 0 Å². The van der Waals surface area contributed by atoms with Gasteiger partial charge in [0, 0.05) is 35.7 Å². The molecule has 0 aliphatic carbocycles. The van der Waals surface area contributed by atoms with Crippen LogP contribution in [0.2, 0.25) is 0 Å². The second kappa shape index (κ2) is 21.7. The fraction of sp³-hybridized carbons (Fsp3) is 0.462. The number of rotatable bonds is 12. The van der Waals surface area contributed by atoms with E-state index in [0.717, 1.165) is 36.0 Å². The predicted molar refractivity (Wildman–Crippen MR) is 181 cm³/mol. The van der Waals surface area contributed by atoms with Crippen LogP contribution in [0.15, 0.2) is 72.8 Å². The first-order valence-electron chi connectivity index (χ1n) is 15.9. The molecular formula is C39H51BiO6. The first-order chi connectivity index (χ1) is 21.0. The van der Waals surface area contributed by atoms with Gasteiger partial charge < -0.3 is 29.7 Å². The standard InChI is InChI=1S/3C13H18O2.Bi/c3*1-9(2)8-11-4-6-12(7-5-11)10(3)13(14)15;/h3*4-7,9-10H,8H2,1-3H3,(H,14,15);/q;;;+3/p-3/t3*10-;/m111./s1. The van der Waals surface area contributed by atoms with Gasteiger partial charge in [-0.2, -0.15) is 0 Å². The van der Waals surface area contributed by atoms with E-state index in [-0.39, 0.29) is 26.2 Å². The van der Waals surface area contributed by atoms with E-state index in [1.807, 2.05) is 72.8 Å². The summed E-state index contributed by atoms with van der Waals surface area (Å²) >= 11 is 0. The Morgan fingerprint density at radius 2 is 0.587 bits per heavy atom. The molecule has 248 valence electrons. The molecule has 0 spiro atoms. The van der Waals surface area contributed by atoms with E-state index in [1.54, 1.807) is 20.8 Å². The van der Waals surface area contributed by atoms with Gasteiger partial charge in [-0.25, -0.2) is 0 Å². The molecule has 0 saturated carbocycles. The Hall–Kier alpha value is -3.05. The number of carbonyl (C=O) groups is 3. The third-order valence-electron chi connectivity index (χ3n) is 7.43. The van der Waals surface area contributed by atoms with Crippen LogP contribution in [-0.4, -0.2) is 44.1 Å². The van der Waals surface area contributed by atoms with Gasteiger partial charge in [-0.1, -0.05) is 135 Å². The van der Waals surface area contributed by atoms with Crippen molar-refractivity contribution in [3.8, 4) is 0 Å². The molecule has 0 amide bonds. The van der Waals surface area contributed by atoms with Gasteiger partial charge in [0.25, 0.3) is 0 Å². The molecule has 0 bridgehead atoms. The molecule has 0 aliphatic rings. The van der Waals surface area contributed by atoms with Crippen LogP contribution in [0, 0.1) is 17.8 Å². The van der Waals surface area contributed by atoms with Gasteiger partial charge in [-0.05, 0) is 70.4 Å². The normalized spacial score (nSPS) is 12.5. The summed E-state index contributed by atoms with van der Waals surface area (Å²) in [5.41, 5.74) is 6.17. The molecule has 2 radical (unpaired) electrons. The Balaban J connectivity index is 0.000000653. The number of hydrogen-bond donors (Lipinski definition) is 0. The van der Waals surface area contributed by atoms with Gasteiger partial charge in [0.1, 0.15) is 0 Å². The van der Waals surface area contributed by atoms with Crippen molar-refractivity contribution in [2.45, 2.75) is 99.3 Å². The molecule has 3 atom stereocenters. The molecule has 0 heterocycles. The molecule has 3 aromatic rings. The average molecular weight is 825 g/mol. The topological polar surface area (TPSA) is 120 Å². The number of carbonyl (C=O) groups excluding carboxylic acids is 3. The minimum Gasteiger partial charge on any atom is -0.550 e. The van der Waals surface area contributed by atoms with E-state index >= 15 is 0 Å². The zero-order valence-electron chi connectivity index (χ0n) is 28.9. The second-order valence-electron chi connectivity index (χ2n) is 13.1. The molecule has 0 aliphatic heterocycles. The maximum atomic E-state index is 10.7. The van der Waals surface area contributed by atoms with Gasteiger partial charge in [-0.15, -0.1) is 0 Å². The van der Waals surface area contributed by atoms with E-state index in [1.165, 1.54) is 16.7 Å². The van der Waals surface area contributed by atoms with Gasteiger partial charge in [0.05, 0.1) is 0 Å². The van der Waals surface area contributed by atoms with Crippen LogP contribution in [0.5, 0.6) is 0 Å². The molecule has 6 nitrogen and oxygen atoms in total. The Morgan fingerprint density at radius 1 is 0.413 bits per heavy atom. The molecule has 0 fully saturated rings. The maximum Gasteiger partial charge on any atom is 3.00 e. The fourth-order valence-electron chi connectivity index (χ4n) is 4.65. The third kappa shape index (κ3) is 16.5. The Labute approximate surface area is 295 Å². The summed E-state index contributed by atoms with van der Waals surface area (Å²) in [6.07, 6.45) is 3.08. The minimum absolute atomic E-state index is 0. The summed E-state index contributed by atoms with van der Waals surface area (Å²) in [7, 11) is 0. The molecule has 46 heavy (non-hydrogen) atoms. The Morgan fingerprint density at radius 3 is 0.717 bits per heavy atom. The number of carboxylic acids is 3. The number of benzene rings is 3. The SMILES string of the molecule is CC(C)Cc1ccc([C@@H](C)C(=O)[O-])cc1.CC(C)Cc1ccc([C@@H](C)C(=O)[O-])cc1.CC(C)Cc1ccc([C@@H](C)C(=O)[O-])cc1.[Bi+3]. The van der Waals surface area contributed by atoms with Gasteiger partial charge in [0.15, 0.2) is 0 Å². The molecule has 0 N–H and O–H groups in total. The summed E-state index contributed by atoms with van der Waals surface area (Å²) < 4.78 is 0. The number of hydrogen-bond acceptors (Lipinski definition) is 6.